The summed E-state index contributed by atoms with van der Waals surface area (Å²) in [5, 5.41) is 0. The highest BCUT2D eigenvalue weighted by Gasteiger charge is 2.07. The van der Waals surface area contributed by atoms with Gasteiger partial charge in [-0.15, -0.1) is 0 Å². The summed E-state index contributed by atoms with van der Waals surface area (Å²) in [6.07, 6.45) is 4.50. The first-order valence-corrected chi connectivity index (χ1v) is 6.18. The smallest absolute Gasteiger partial charge is 0.161 e. The van der Waals surface area contributed by atoms with Crippen LogP contribution in [0, 0.1) is 0 Å². The minimum Gasteiger partial charge on any atom is -0.493 e. The molecule has 1 aromatic carbocycles. The molecule has 0 amide bonds. The van der Waals surface area contributed by atoms with Crippen molar-refractivity contribution >= 4 is 0 Å². The molecule has 5 nitrogen and oxygen atoms in total. The maximum atomic E-state index is 5.59. The van der Waals surface area contributed by atoms with E-state index in [0.717, 1.165) is 35.7 Å². The van der Waals surface area contributed by atoms with Crippen LogP contribution in [0.25, 0.3) is 0 Å². The van der Waals surface area contributed by atoms with E-state index in [4.69, 9.17) is 15.2 Å². The number of hydrogen-bond donors (Lipinski definition) is 1. The lowest BCUT2D eigenvalue weighted by Gasteiger charge is -2.11. The molecule has 0 fully saturated rings. The van der Waals surface area contributed by atoms with Gasteiger partial charge in [0.15, 0.2) is 11.5 Å². The molecule has 19 heavy (non-hydrogen) atoms. The third kappa shape index (κ3) is 3.06. The zero-order valence-electron chi connectivity index (χ0n) is 11.3. The molecular weight excluding hydrogens is 242 g/mol. The summed E-state index contributed by atoms with van der Waals surface area (Å²) < 4.78 is 12.6. The quantitative estimate of drug-likeness (QED) is 0.855. The van der Waals surface area contributed by atoms with Gasteiger partial charge in [-0.1, -0.05) is 6.07 Å². The topological polar surface area (TPSA) is 62.3 Å². The van der Waals surface area contributed by atoms with Crippen molar-refractivity contribution in [3.8, 4) is 11.5 Å². The first-order chi connectivity index (χ1) is 9.28. The van der Waals surface area contributed by atoms with Crippen molar-refractivity contribution in [3.63, 3.8) is 0 Å². The van der Waals surface area contributed by atoms with Crippen LogP contribution in [0.3, 0.4) is 0 Å². The van der Waals surface area contributed by atoms with Crippen LogP contribution < -0.4 is 15.2 Å². The van der Waals surface area contributed by atoms with Crippen LogP contribution in [0.5, 0.6) is 11.5 Å². The Morgan fingerprint density at radius 3 is 2.68 bits per heavy atom. The van der Waals surface area contributed by atoms with E-state index in [0.29, 0.717) is 6.54 Å². The lowest BCUT2D eigenvalue weighted by Crippen LogP contribution is -2.09. The molecule has 0 saturated carbocycles. The number of methoxy groups -OCH3 is 2. The summed E-state index contributed by atoms with van der Waals surface area (Å²) in [6.45, 7) is 1.37. The molecule has 5 heteroatoms. The van der Waals surface area contributed by atoms with Crippen molar-refractivity contribution in [2.45, 2.75) is 13.0 Å². The normalized spacial score (nSPS) is 10.5. The number of ether oxygens (including phenoxy) is 2. The van der Waals surface area contributed by atoms with Gasteiger partial charge in [-0.05, 0) is 24.2 Å². The van der Waals surface area contributed by atoms with Crippen LogP contribution in [0.15, 0.2) is 30.7 Å². The van der Waals surface area contributed by atoms with E-state index in [-0.39, 0.29) is 0 Å². The minimum absolute atomic E-state index is 0.623. The van der Waals surface area contributed by atoms with Crippen LogP contribution >= 0.6 is 0 Å². The molecule has 2 aromatic rings. The standard InChI is InChI=1S/C14H19N3O2/c1-18-13-4-3-11(7-14(13)19-2)9-17-10-16-8-12(17)5-6-15/h3-4,7-8,10H,5-6,9,15H2,1-2H3. The second kappa shape index (κ2) is 6.24. The van der Waals surface area contributed by atoms with Crippen LogP contribution in [0.1, 0.15) is 11.3 Å². The van der Waals surface area contributed by atoms with Gasteiger partial charge in [0, 0.05) is 24.9 Å². The van der Waals surface area contributed by atoms with Gasteiger partial charge < -0.3 is 19.8 Å². The van der Waals surface area contributed by atoms with Crippen LogP contribution in [0.4, 0.5) is 0 Å². The highest BCUT2D eigenvalue weighted by atomic mass is 16.5. The molecule has 0 unspecified atom stereocenters. The van der Waals surface area contributed by atoms with Crippen molar-refractivity contribution in [3.05, 3.63) is 42.0 Å². The molecule has 2 rings (SSSR count). The highest BCUT2D eigenvalue weighted by Crippen LogP contribution is 2.27. The Kier molecular flexibility index (Phi) is 4.41. The predicted octanol–water partition coefficient (Wildman–Crippen LogP) is 1.45. The zero-order chi connectivity index (χ0) is 13.7. The van der Waals surface area contributed by atoms with E-state index in [2.05, 4.69) is 9.55 Å². The monoisotopic (exact) mass is 261 g/mol. The summed E-state index contributed by atoms with van der Waals surface area (Å²) in [6, 6.07) is 5.91. The van der Waals surface area contributed by atoms with Crippen molar-refractivity contribution < 1.29 is 9.47 Å². The Morgan fingerprint density at radius 2 is 2.00 bits per heavy atom. The molecule has 102 valence electrons. The number of aromatic nitrogens is 2. The Labute approximate surface area is 113 Å². The van der Waals surface area contributed by atoms with Gasteiger partial charge in [-0.25, -0.2) is 4.98 Å². The fourth-order valence-corrected chi connectivity index (χ4v) is 2.02. The van der Waals surface area contributed by atoms with Gasteiger partial charge in [-0.3, -0.25) is 0 Å². The third-order valence-electron chi connectivity index (χ3n) is 3.00. The number of hydrogen-bond acceptors (Lipinski definition) is 4. The molecular formula is C14H19N3O2. The predicted molar refractivity (Wildman–Crippen MR) is 73.6 cm³/mol. The average Bonchev–Trinajstić information content (AvgIpc) is 2.86. The summed E-state index contributed by atoms with van der Waals surface area (Å²) >= 11 is 0. The summed E-state index contributed by atoms with van der Waals surface area (Å²) in [4.78, 5) is 4.16. The maximum Gasteiger partial charge on any atom is 0.161 e. The molecule has 0 aliphatic carbocycles. The van der Waals surface area contributed by atoms with E-state index in [9.17, 15) is 0 Å². The lowest BCUT2D eigenvalue weighted by atomic mass is 10.2. The Morgan fingerprint density at radius 1 is 1.21 bits per heavy atom. The van der Waals surface area contributed by atoms with Gasteiger partial charge in [-0.2, -0.15) is 0 Å². The second-order valence-electron chi connectivity index (χ2n) is 4.24. The third-order valence-corrected chi connectivity index (χ3v) is 3.00. The summed E-state index contributed by atoms with van der Waals surface area (Å²) in [5.41, 5.74) is 7.86. The van der Waals surface area contributed by atoms with Gasteiger partial charge >= 0.3 is 0 Å². The highest BCUT2D eigenvalue weighted by molar-refractivity contribution is 5.43. The number of rotatable bonds is 6. The zero-order valence-corrected chi connectivity index (χ0v) is 11.3. The fourth-order valence-electron chi connectivity index (χ4n) is 2.02. The van der Waals surface area contributed by atoms with Gasteiger partial charge in [0.05, 0.1) is 20.5 Å². The molecule has 0 saturated heterocycles. The average molecular weight is 261 g/mol. The van der Waals surface area contributed by atoms with Gasteiger partial charge in [0.25, 0.3) is 0 Å². The molecule has 0 radical (unpaired) electrons. The van der Waals surface area contributed by atoms with Crippen molar-refractivity contribution in [1.29, 1.82) is 0 Å². The van der Waals surface area contributed by atoms with Gasteiger partial charge in [0.1, 0.15) is 0 Å². The first-order valence-electron chi connectivity index (χ1n) is 6.18. The van der Waals surface area contributed by atoms with E-state index < -0.39 is 0 Å². The van der Waals surface area contributed by atoms with E-state index in [1.807, 2.05) is 30.7 Å². The molecule has 0 aliphatic heterocycles. The molecule has 1 aromatic heterocycles. The molecule has 0 aliphatic rings. The Hall–Kier alpha value is -2.01. The van der Waals surface area contributed by atoms with E-state index >= 15 is 0 Å². The van der Waals surface area contributed by atoms with Crippen LogP contribution in [-0.4, -0.2) is 30.3 Å². The Balaban J connectivity index is 2.21. The van der Waals surface area contributed by atoms with Crippen molar-refractivity contribution in [2.24, 2.45) is 5.73 Å². The maximum absolute atomic E-state index is 5.59. The molecule has 0 bridgehead atoms. The lowest BCUT2D eigenvalue weighted by molar-refractivity contribution is 0.354. The SMILES string of the molecule is COc1ccc(Cn2cncc2CCN)cc1OC. The Bertz CT molecular complexity index is 537. The summed E-state index contributed by atoms with van der Waals surface area (Å²) in [7, 11) is 3.27. The van der Waals surface area contributed by atoms with Gasteiger partial charge in [0.2, 0.25) is 0 Å². The first kappa shape index (κ1) is 13.4. The minimum atomic E-state index is 0.623. The van der Waals surface area contributed by atoms with E-state index in [1.54, 1.807) is 14.2 Å². The number of nitrogens with zero attached hydrogens (tertiary/aromatic N) is 2. The number of imidazole rings is 1. The molecule has 1 heterocycles. The number of benzene rings is 1. The van der Waals surface area contributed by atoms with E-state index in [1.165, 1.54) is 0 Å². The summed E-state index contributed by atoms with van der Waals surface area (Å²) in [5.74, 6) is 1.47. The number of nitrogens with two attached hydrogens (primary N) is 1. The van der Waals surface area contributed by atoms with Crippen LogP contribution in [-0.2, 0) is 13.0 Å². The molecule has 0 spiro atoms. The molecule has 0 atom stereocenters. The van der Waals surface area contributed by atoms with Crippen molar-refractivity contribution in [1.82, 2.24) is 9.55 Å². The fraction of sp³-hybridized carbons (Fsp3) is 0.357. The molecule has 2 N–H and O–H groups in total. The largest absolute Gasteiger partial charge is 0.493 e. The second-order valence-corrected chi connectivity index (χ2v) is 4.24. The van der Waals surface area contributed by atoms with Crippen molar-refractivity contribution in [2.75, 3.05) is 20.8 Å². The van der Waals surface area contributed by atoms with Crippen LogP contribution in [0.2, 0.25) is 0 Å².